The number of ether oxygens (including phenoxy) is 1. The Morgan fingerprint density at radius 2 is 1.76 bits per heavy atom. The summed E-state index contributed by atoms with van der Waals surface area (Å²) in [4.78, 5) is 14.8. The smallest absolute Gasteiger partial charge is 0.251 e. The normalized spacial score (nSPS) is 15.1. The van der Waals surface area contributed by atoms with Crippen LogP contribution in [0.15, 0.2) is 54.6 Å². The maximum Gasteiger partial charge on any atom is 0.251 e. The standard InChI is InChI=1S/C22H26N2O4S/c1-16(18-7-8-18)24(20-11-13-21(28-2)14-12-20)22(25)15-6-17-4-9-19(10-5-17)23-29(3,26)27/h4-6,9-16,18,23H,7-8H2,1-3H3/b15-6+. The Labute approximate surface area is 172 Å². The Morgan fingerprint density at radius 1 is 1.14 bits per heavy atom. The van der Waals surface area contributed by atoms with Crippen LogP contribution in [0.4, 0.5) is 11.4 Å². The van der Waals surface area contributed by atoms with Crippen molar-refractivity contribution in [2.24, 2.45) is 5.92 Å². The molecule has 7 heteroatoms. The van der Waals surface area contributed by atoms with Crippen molar-refractivity contribution in [1.82, 2.24) is 0 Å². The van der Waals surface area contributed by atoms with E-state index in [1.165, 1.54) is 0 Å². The van der Waals surface area contributed by atoms with Gasteiger partial charge in [0, 0.05) is 23.5 Å². The number of anilines is 2. The molecular weight excluding hydrogens is 388 g/mol. The lowest BCUT2D eigenvalue weighted by molar-refractivity contribution is -0.114. The molecule has 0 aliphatic heterocycles. The molecule has 1 aliphatic rings. The van der Waals surface area contributed by atoms with E-state index >= 15 is 0 Å². The largest absolute Gasteiger partial charge is 0.497 e. The zero-order valence-corrected chi connectivity index (χ0v) is 17.6. The minimum absolute atomic E-state index is 0.0899. The fourth-order valence-corrected chi connectivity index (χ4v) is 3.78. The van der Waals surface area contributed by atoms with Gasteiger partial charge in [0.25, 0.3) is 5.91 Å². The fraction of sp³-hybridized carbons (Fsp3) is 0.318. The van der Waals surface area contributed by atoms with Crippen molar-refractivity contribution in [1.29, 1.82) is 0 Å². The zero-order valence-electron chi connectivity index (χ0n) is 16.8. The Bertz CT molecular complexity index is 978. The summed E-state index contributed by atoms with van der Waals surface area (Å²) in [5.74, 6) is 1.18. The number of sulfonamides is 1. The van der Waals surface area contributed by atoms with E-state index in [1.54, 1.807) is 43.5 Å². The summed E-state index contributed by atoms with van der Waals surface area (Å²) in [6.07, 6.45) is 6.68. The lowest BCUT2D eigenvalue weighted by Gasteiger charge is -2.28. The Morgan fingerprint density at radius 3 is 2.28 bits per heavy atom. The number of hydrogen-bond acceptors (Lipinski definition) is 4. The first-order chi connectivity index (χ1) is 13.8. The van der Waals surface area contributed by atoms with Crippen LogP contribution in [0.25, 0.3) is 6.08 Å². The highest BCUT2D eigenvalue weighted by molar-refractivity contribution is 7.92. The van der Waals surface area contributed by atoms with Crippen LogP contribution in [0.1, 0.15) is 25.3 Å². The van der Waals surface area contributed by atoms with E-state index in [0.717, 1.165) is 36.1 Å². The minimum atomic E-state index is -3.31. The Kier molecular flexibility index (Phi) is 6.27. The first kappa shape index (κ1) is 20.9. The molecular formula is C22H26N2O4S. The summed E-state index contributed by atoms with van der Waals surface area (Å²) in [5, 5.41) is 0. The van der Waals surface area contributed by atoms with E-state index in [4.69, 9.17) is 4.74 Å². The Balaban J connectivity index is 1.76. The molecule has 29 heavy (non-hydrogen) atoms. The molecule has 1 atom stereocenters. The molecule has 0 heterocycles. The van der Waals surface area contributed by atoms with Crippen LogP contribution in [0.3, 0.4) is 0 Å². The van der Waals surface area contributed by atoms with Crippen molar-refractivity contribution in [3.63, 3.8) is 0 Å². The van der Waals surface area contributed by atoms with Crippen molar-refractivity contribution in [2.45, 2.75) is 25.8 Å². The molecule has 1 aliphatic carbocycles. The van der Waals surface area contributed by atoms with Crippen molar-refractivity contribution >= 4 is 33.4 Å². The Hall–Kier alpha value is -2.80. The van der Waals surface area contributed by atoms with Gasteiger partial charge in [-0.15, -0.1) is 0 Å². The van der Waals surface area contributed by atoms with Crippen molar-refractivity contribution in [2.75, 3.05) is 23.0 Å². The molecule has 1 N–H and O–H groups in total. The van der Waals surface area contributed by atoms with Gasteiger partial charge in [-0.3, -0.25) is 9.52 Å². The minimum Gasteiger partial charge on any atom is -0.497 e. The van der Waals surface area contributed by atoms with Gasteiger partial charge in [0.2, 0.25) is 10.0 Å². The van der Waals surface area contributed by atoms with Gasteiger partial charge in [-0.25, -0.2) is 8.42 Å². The van der Waals surface area contributed by atoms with Crippen LogP contribution in [-0.2, 0) is 14.8 Å². The van der Waals surface area contributed by atoms with Gasteiger partial charge >= 0.3 is 0 Å². The summed E-state index contributed by atoms with van der Waals surface area (Å²) >= 11 is 0. The van der Waals surface area contributed by atoms with Crippen LogP contribution >= 0.6 is 0 Å². The number of amides is 1. The van der Waals surface area contributed by atoms with Gasteiger partial charge in [-0.05, 0) is 73.7 Å². The van der Waals surface area contributed by atoms with Crippen molar-refractivity contribution in [3.8, 4) is 5.75 Å². The fourth-order valence-electron chi connectivity index (χ4n) is 3.22. The van der Waals surface area contributed by atoms with Crippen LogP contribution in [0.2, 0.25) is 0 Å². The van der Waals surface area contributed by atoms with Crippen LogP contribution in [0.5, 0.6) is 5.75 Å². The van der Waals surface area contributed by atoms with Gasteiger partial charge in [-0.1, -0.05) is 12.1 Å². The number of nitrogens with one attached hydrogen (secondary N) is 1. The van der Waals surface area contributed by atoms with Crippen LogP contribution < -0.4 is 14.4 Å². The summed E-state index contributed by atoms with van der Waals surface area (Å²) in [5.41, 5.74) is 2.14. The number of benzene rings is 2. The van der Waals surface area contributed by atoms with Gasteiger partial charge in [0.15, 0.2) is 0 Å². The maximum atomic E-state index is 13.0. The second-order valence-electron chi connectivity index (χ2n) is 7.31. The predicted octanol–water partition coefficient (Wildman–Crippen LogP) is 3.91. The number of methoxy groups -OCH3 is 1. The summed E-state index contributed by atoms with van der Waals surface area (Å²) in [6, 6.07) is 14.5. The average Bonchev–Trinajstić information content (AvgIpc) is 3.52. The lowest BCUT2D eigenvalue weighted by Crippen LogP contribution is -2.39. The number of nitrogens with zero attached hydrogens (tertiary/aromatic N) is 1. The van der Waals surface area contributed by atoms with Gasteiger partial charge in [0.1, 0.15) is 5.75 Å². The van der Waals surface area contributed by atoms with E-state index in [9.17, 15) is 13.2 Å². The highest BCUT2D eigenvalue weighted by atomic mass is 32.2. The monoisotopic (exact) mass is 414 g/mol. The molecule has 0 aromatic heterocycles. The molecule has 0 saturated heterocycles. The second kappa shape index (κ2) is 8.69. The third-order valence-corrected chi connectivity index (χ3v) is 5.54. The third-order valence-electron chi connectivity index (χ3n) is 4.93. The molecule has 3 rings (SSSR count). The highest BCUT2D eigenvalue weighted by Gasteiger charge is 2.34. The zero-order chi connectivity index (χ0) is 21.0. The first-order valence-corrected chi connectivity index (χ1v) is 11.4. The molecule has 0 bridgehead atoms. The van der Waals surface area contributed by atoms with Crippen molar-refractivity contribution < 1.29 is 17.9 Å². The predicted molar refractivity (Wildman–Crippen MR) is 117 cm³/mol. The summed E-state index contributed by atoms with van der Waals surface area (Å²) < 4.78 is 30.2. The SMILES string of the molecule is COc1ccc(N(C(=O)/C=C/c2ccc(NS(C)(=O)=O)cc2)C(C)C2CC2)cc1. The average molecular weight is 415 g/mol. The molecule has 154 valence electrons. The lowest BCUT2D eigenvalue weighted by atomic mass is 10.1. The summed E-state index contributed by atoms with van der Waals surface area (Å²) in [6.45, 7) is 2.08. The molecule has 1 saturated carbocycles. The van der Waals surface area contributed by atoms with Gasteiger partial charge in [0.05, 0.1) is 13.4 Å². The number of rotatable bonds is 8. The molecule has 0 spiro atoms. The molecule has 1 amide bonds. The molecule has 1 unspecified atom stereocenters. The molecule has 1 fully saturated rings. The highest BCUT2D eigenvalue weighted by Crippen LogP contribution is 2.37. The molecule has 6 nitrogen and oxygen atoms in total. The first-order valence-electron chi connectivity index (χ1n) is 9.50. The summed E-state index contributed by atoms with van der Waals surface area (Å²) in [7, 11) is -1.70. The second-order valence-corrected chi connectivity index (χ2v) is 9.06. The molecule has 0 radical (unpaired) electrons. The van der Waals surface area contributed by atoms with Gasteiger partial charge in [-0.2, -0.15) is 0 Å². The van der Waals surface area contributed by atoms with E-state index < -0.39 is 10.0 Å². The molecule has 2 aromatic carbocycles. The maximum absolute atomic E-state index is 13.0. The molecule has 2 aromatic rings. The van der Waals surface area contributed by atoms with Gasteiger partial charge < -0.3 is 9.64 Å². The van der Waals surface area contributed by atoms with E-state index in [-0.39, 0.29) is 11.9 Å². The van der Waals surface area contributed by atoms with Crippen molar-refractivity contribution in [3.05, 3.63) is 60.2 Å². The number of carbonyl (C=O) groups excluding carboxylic acids is 1. The van der Waals surface area contributed by atoms with E-state index in [1.807, 2.05) is 29.2 Å². The third kappa shape index (κ3) is 5.84. The quantitative estimate of drug-likeness (QED) is 0.665. The number of hydrogen-bond donors (Lipinski definition) is 1. The van der Waals surface area contributed by atoms with Crippen LogP contribution in [0, 0.1) is 5.92 Å². The van der Waals surface area contributed by atoms with Crippen LogP contribution in [-0.4, -0.2) is 33.7 Å². The number of carbonyl (C=O) groups is 1. The van der Waals surface area contributed by atoms with E-state index in [2.05, 4.69) is 11.6 Å². The van der Waals surface area contributed by atoms with E-state index in [0.29, 0.717) is 11.6 Å². The topological polar surface area (TPSA) is 75.7 Å².